The Morgan fingerprint density at radius 3 is 2.56 bits per heavy atom. The van der Waals surface area contributed by atoms with Crippen molar-refractivity contribution in [3.63, 3.8) is 0 Å². The summed E-state index contributed by atoms with van der Waals surface area (Å²) in [7, 11) is 0. The lowest BCUT2D eigenvalue weighted by Gasteiger charge is -2.17. The summed E-state index contributed by atoms with van der Waals surface area (Å²) >= 11 is 3.48. The number of benzene rings is 1. The van der Waals surface area contributed by atoms with Crippen molar-refractivity contribution < 1.29 is 4.74 Å². The number of aryl methyl sites for hydroxylation is 1. The molecule has 0 aliphatic heterocycles. The van der Waals surface area contributed by atoms with Crippen LogP contribution in [0.25, 0.3) is 0 Å². The van der Waals surface area contributed by atoms with E-state index in [0.29, 0.717) is 6.04 Å². The zero-order valence-corrected chi connectivity index (χ0v) is 12.0. The smallest absolute Gasteiger partial charge is 0.120 e. The molecule has 0 bridgehead atoms. The lowest BCUT2D eigenvalue weighted by atomic mass is 10.2. The fourth-order valence-corrected chi connectivity index (χ4v) is 1.61. The number of hydrogen-bond acceptors (Lipinski definition) is 2. The van der Waals surface area contributed by atoms with Gasteiger partial charge in [0.1, 0.15) is 11.9 Å². The third-order valence-corrected chi connectivity index (χ3v) is 3.17. The van der Waals surface area contributed by atoms with E-state index < -0.39 is 0 Å². The van der Waals surface area contributed by atoms with E-state index in [4.69, 9.17) is 4.74 Å². The summed E-state index contributed by atoms with van der Waals surface area (Å²) in [6.07, 6.45) is 0.183. The third kappa shape index (κ3) is 4.54. The molecule has 0 amide bonds. The average Bonchev–Trinajstić information content (AvgIpc) is 2.21. The molecule has 0 fully saturated rings. The Morgan fingerprint density at radius 2 is 2.00 bits per heavy atom. The molecule has 0 saturated heterocycles. The molecule has 0 aromatic heterocycles. The molecular formula is C13H20BrNO. The standard InChI is InChI=1S/C13H20BrNO/c1-9(2)15-8-11(4)16-12-5-6-13(14)10(3)7-12/h5-7,9,11,15H,8H2,1-4H3. The van der Waals surface area contributed by atoms with Crippen molar-refractivity contribution in [3.8, 4) is 5.75 Å². The number of hydrogen-bond donors (Lipinski definition) is 1. The van der Waals surface area contributed by atoms with Gasteiger partial charge in [0, 0.05) is 17.1 Å². The maximum Gasteiger partial charge on any atom is 0.120 e. The summed E-state index contributed by atoms with van der Waals surface area (Å²) in [5, 5.41) is 3.36. The molecule has 0 spiro atoms. The number of ether oxygens (including phenoxy) is 1. The maximum absolute atomic E-state index is 5.82. The zero-order valence-electron chi connectivity index (χ0n) is 10.4. The highest BCUT2D eigenvalue weighted by molar-refractivity contribution is 9.10. The highest BCUT2D eigenvalue weighted by atomic mass is 79.9. The van der Waals surface area contributed by atoms with Crippen molar-refractivity contribution >= 4 is 15.9 Å². The van der Waals surface area contributed by atoms with Crippen LogP contribution in [0.1, 0.15) is 26.3 Å². The van der Waals surface area contributed by atoms with Gasteiger partial charge in [0.15, 0.2) is 0 Å². The Morgan fingerprint density at radius 1 is 1.31 bits per heavy atom. The Hall–Kier alpha value is -0.540. The van der Waals surface area contributed by atoms with Gasteiger partial charge in [-0.05, 0) is 37.6 Å². The highest BCUT2D eigenvalue weighted by Gasteiger charge is 2.05. The van der Waals surface area contributed by atoms with Gasteiger partial charge in [-0.15, -0.1) is 0 Å². The van der Waals surface area contributed by atoms with E-state index in [9.17, 15) is 0 Å². The Balaban J connectivity index is 2.49. The van der Waals surface area contributed by atoms with Gasteiger partial charge >= 0.3 is 0 Å². The van der Waals surface area contributed by atoms with Crippen LogP contribution in [-0.4, -0.2) is 18.7 Å². The van der Waals surface area contributed by atoms with Crippen molar-refractivity contribution in [3.05, 3.63) is 28.2 Å². The van der Waals surface area contributed by atoms with E-state index in [1.54, 1.807) is 0 Å². The van der Waals surface area contributed by atoms with Gasteiger partial charge < -0.3 is 10.1 Å². The van der Waals surface area contributed by atoms with E-state index in [1.807, 2.05) is 12.1 Å². The van der Waals surface area contributed by atoms with Crippen LogP contribution in [0.5, 0.6) is 5.75 Å². The minimum Gasteiger partial charge on any atom is -0.489 e. The molecule has 1 atom stereocenters. The number of nitrogens with one attached hydrogen (secondary N) is 1. The molecule has 1 N–H and O–H groups in total. The first kappa shape index (κ1) is 13.5. The van der Waals surface area contributed by atoms with Gasteiger partial charge in [0.25, 0.3) is 0 Å². The van der Waals surface area contributed by atoms with Crippen LogP contribution >= 0.6 is 15.9 Å². The molecule has 1 unspecified atom stereocenters. The van der Waals surface area contributed by atoms with Crippen molar-refractivity contribution in [1.29, 1.82) is 0 Å². The van der Waals surface area contributed by atoms with Crippen LogP contribution in [0.2, 0.25) is 0 Å². The Bertz CT molecular complexity index is 339. The normalized spacial score (nSPS) is 12.9. The second kappa shape index (κ2) is 6.26. The molecule has 3 heteroatoms. The highest BCUT2D eigenvalue weighted by Crippen LogP contribution is 2.22. The van der Waals surface area contributed by atoms with Gasteiger partial charge in [-0.2, -0.15) is 0 Å². The van der Waals surface area contributed by atoms with Crippen LogP contribution in [-0.2, 0) is 0 Å². The second-order valence-electron chi connectivity index (χ2n) is 4.40. The van der Waals surface area contributed by atoms with Gasteiger partial charge in [-0.3, -0.25) is 0 Å². The van der Waals surface area contributed by atoms with E-state index in [-0.39, 0.29) is 6.10 Å². The average molecular weight is 286 g/mol. The Labute approximate surface area is 107 Å². The molecule has 0 radical (unpaired) electrons. The van der Waals surface area contributed by atoms with E-state index in [0.717, 1.165) is 16.8 Å². The summed E-state index contributed by atoms with van der Waals surface area (Å²) < 4.78 is 6.94. The Kier molecular flexibility index (Phi) is 5.29. The van der Waals surface area contributed by atoms with Crippen LogP contribution in [0.4, 0.5) is 0 Å². The van der Waals surface area contributed by atoms with Crippen molar-refractivity contribution in [2.75, 3.05) is 6.54 Å². The number of halogens is 1. The fourth-order valence-electron chi connectivity index (χ4n) is 1.37. The van der Waals surface area contributed by atoms with Crippen molar-refractivity contribution in [1.82, 2.24) is 5.32 Å². The summed E-state index contributed by atoms with van der Waals surface area (Å²) in [4.78, 5) is 0. The lowest BCUT2D eigenvalue weighted by Crippen LogP contribution is -2.33. The molecule has 90 valence electrons. The van der Waals surface area contributed by atoms with E-state index >= 15 is 0 Å². The molecule has 16 heavy (non-hydrogen) atoms. The minimum absolute atomic E-state index is 0.183. The monoisotopic (exact) mass is 285 g/mol. The molecule has 0 saturated carbocycles. The van der Waals surface area contributed by atoms with E-state index in [2.05, 4.69) is 55.0 Å². The van der Waals surface area contributed by atoms with Crippen molar-refractivity contribution in [2.45, 2.75) is 39.8 Å². The summed E-state index contributed by atoms with van der Waals surface area (Å²) in [5.74, 6) is 0.929. The number of rotatable bonds is 5. The van der Waals surface area contributed by atoms with Gasteiger partial charge in [0.05, 0.1) is 0 Å². The van der Waals surface area contributed by atoms with Gasteiger partial charge in [0.2, 0.25) is 0 Å². The molecule has 0 heterocycles. The molecule has 1 rings (SSSR count). The molecule has 1 aromatic rings. The van der Waals surface area contributed by atoms with Crippen LogP contribution in [0, 0.1) is 6.92 Å². The first-order chi connectivity index (χ1) is 7.49. The third-order valence-electron chi connectivity index (χ3n) is 2.28. The summed E-state index contributed by atoms with van der Waals surface area (Å²) in [6, 6.07) is 6.56. The maximum atomic E-state index is 5.82. The van der Waals surface area contributed by atoms with Crippen molar-refractivity contribution in [2.24, 2.45) is 0 Å². The predicted octanol–water partition coefficient (Wildman–Crippen LogP) is 3.52. The van der Waals surface area contributed by atoms with Crippen LogP contribution in [0.3, 0.4) is 0 Å². The predicted molar refractivity (Wildman–Crippen MR) is 72.1 cm³/mol. The van der Waals surface area contributed by atoms with Gasteiger partial charge in [-0.1, -0.05) is 29.8 Å². The molecule has 0 aliphatic rings. The largest absolute Gasteiger partial charge is 0.489 e. The molecular weight excluding hydrogens is 266 g/mol. The second-order valence-corrected chi connectivity index (χ2v) is 5.26. The van der Waals surface area contributed by atoms with E-state index in [1.165, 1.54) is 5.56 Å². The molecule has 2 nitrogen and oxygen atoms in total. The minimum atomic E-state index is 0.183. The van der Waals surface area contributed by atoms with Crippen LogP contribution < -0.4 is 10.1 Å². The van der Waals surface area contributed by atoms with Crippen LogP contribution in [0.15, 0.2) is 22.7 Å². The SMILES string of the molecule is Cc1cc(OC(C)CNC(C)C)ccc1Br. The molecule has 1 aromatic carbocycles. The van der Waals surface area contributed by atoms with Gasteiger partial charge in [-0.25, -0.2) is 0 Å². The zero-order chi connectivity index (χ0) is 12.1. The quantitative estimate of drug-likeness (QED) is 0.894. The topological polar surface area (TPSA) is 21.3 Å². The fraction of sp³-hybridized carbons (Fsp3) is 0.538. The molecule has 0 aliphatic carbocycles. The first-order valence-corrected chi connectivity index (χ1v) is 6.44. The lowest BCUT2D eigenvalue weighted by molar-refractivity contribution is 0.213. The first-order valence-electron chi connectivity index (χ1n) is 5.65. The summed E-state index contributed by atoms with van der Waals surface area (Å²) in [6.45, 7) is 9.28. The summed E-state index contributed by atoms with van der Waals surface area (Å²) in [5.41, 5.74) is 1.20.